The predicted molar refractivity (Wildman–Crippen MR) is 110 cm³/mol. The Morgan fingerprint density at radius 2 is 1.86 bits per heavy atom. The van der Waals surface area contributed by atoms with Crippen molar-refractivity contribution in [1.82, 2.24) is 0 Å². The molecule has 0 bridgehead atoms. The van der Waals surface area contributed by atoms with E-state index in [0.29, 0.717) is 38.4 Å². The molecule has 0 saturated heterocycles. The van der Waals surface area contributed by atoms with Crippen LogP contribution in [0.25, 0.3) is 21.9 Å². The second-order valence-electron chi connectivity index (χ2n) is 6.38. The van der Waals surface area contributed by atoms with Crippen LogP contribution in [0.2, 0.25) is 5.02 Å². The van der Waals surface area contributed by atoms with Crippen LogP contribution in [-0.4, -0.2) is 12.5 Å². The molecule has 5 nitrogen and oxygen atoms in total. The molecule has 3 aromatic carbocycles. The van der Waals surface area contributed by atoms with E-state index < -0.39 is 0 Å². The number of halogens is 1. The average Bonchev–Trinajstić information content (AvgIpc) is 2.68. The highest BCUT2D eigenvalue weighted by atomic mass is 35.5. The molecule has 1 heterocycles. The van der Waals surface area contributed by atoms with Crippen molar-refractivity contribution in [3.05, 3.63) is 81.5 Å². The van der Waals surface area contributed by atoms with Crippen LogP contribution in [0, 0.1) is 6.92 Å². The predicted octanol–water partition coefficient (Wildman–Crippen LogP) is 4.93. The lowest BCUT2D eigenvalue weighted by Crippen LogP contribution is -2.20. The van der Waals surface area contributed by atoms with Gasteiger partial charge in [0.1, 0.15) is 16.9 Å². The minimum absolute atomic E-state index is 0.0936. The molecule has 0 atom stereocenters. The lowest BCUT2D eigenvalue weighted by atomic mass is 10.1. The molecule has 0 radical (unpaired) electrons. The Balaban J connectivity index is 1.56. The number of nitrogens with one attached hydrogen (secondary N) is 1. The molecule has 6 heteroatoms. The zero-order valence-electron chi connectivity index (χ0n) is 15.0. The number of aryl methyl sites for hydroxylation is 1. The number of carbonyl (C=O) groups excluding carboxylic acids is 1. The van der Waals surface area contributed by atoms with Crippen LogP contribution < -0.4 is 15.5 Å². The number of fused-ring (bicyclic) bond motifs is 2. The summed E-state index contributed by atoms with van der Waals surface area (Å²) in [5.41, 5.74) is 2.28. The van der Waals surface area contributed by atoms with Gasteiger partial charge in [-0.25, -0.2) is 0 Å². The zero-order valence-corrected chi connectivity index (χ0v) is 15.7. The first kappa shape index (κ1) is 18.1. The van der Waals surface area contributed by atoms with Crippen molar-refractivity contribution in [2.75, 3.05) is 11.9 Å². The summed E-state index contributed by atoms with van der Waals surface area (Å²) in [6, 6.07) is 17.2. The molecule has 140 valence electrons. The van der Waals surface area contributed by atoms with Gasteiger partial charge in [-0.2, -0.15) is 0 Å². The second kappa shape index (κ2) is 7.37. The van der Waals surface area contributed by atoms with E-state index in [1.165, 1.54) is 0 Å². The Hall–Kier alpha value is -3.31. The third-order valence-electron chi connectivity index (χ3n) is 4.36. The van der Waals surface area contributed by atoms with Crippen LogP contribution in [0.3, 0.4) is 0 Å². The average molecular weight is 394 g/mol. The molecule has 4 rings (SSSR count). The van der Waals surface area contributed by atoms with Gasteiger partial charge in [-0.05, 0) is 55.0 Å². The Kier molecular flexibility index (Phi) is 4.75. The maximum absolute atomic E-state index is 12.7. The Morgan fingerprint density at radius 3 is 2.64 bits per heavy atom. The summed E-state index contributed by atoms with van der Waals surface area (Å²) in [5, 5.41) is 4.35. The standard InChI is InChI=1S/C22H16ClNO4/c1-13-3-2-4-18-21(26)17-10-7-15(11-19(17)28-22(13)18)24-20(25)12-27-16-8-5-14(23)6-9-16/h2-11H,12H2,1H3,(H,24,25). The van der Waals surface area contributed by atoms with Crippen molar-refractivity contribution in [1.29, 1.82) is 0 Å². The molecular weight excluding hydrogens is 378 g/mol. The van der Waals surface area contributed by atoms with Crippen LogP contribution in [0.5, 0.6) is 5.75 Å². The van der Waals surface area contributed by atoms with Crippen LogP contribution in [-0.2, 0) is 4.79 Å². The largest absolute Gasteiger partial charge is 0.484 e. The van der Waals surface area contributed by atoms with Crippen molar-refractivity contribution >= 4 is 45.1 Å². The monoisotopic (exact) mass is 393 g/mol. The minimum atomic E-state index is -0.325. The molecule has 0 aliphatic heterocycles. The number of ether oxygens (including phenoxy) is 1. The van der Waals surface area contributed by atoms with Crippen LogP contribution in [0.1, 0.15) is 5.56 Å². The highest BCUT2D eigenvalue weighted by molar-refractivity contribution is 6.30. The van der Waals surface area contributed by atoms with Gasteiger partial charge in [0.25, 0.3) is 5.91 Å². The number of amides is 1. The van der Waals surface area contributed by atoms with E-state index in [2.05, 4.69) is 5.32 Å². The highest BCUT2D eigenvalue weighted by Crippen LogP contribution is 2.24. The van der Waals surface area contributed by atoms with E-state index in [-0.39, 0.29) is 17.9 Å². The number of hydrogen-bond acceptors (Lipinski definition) is 4. The molecule has 0 unspecified atom stereocenters. The summed E-state index contributed by atoms with van der Waals surface area (Å²) in [7, 11) is 0. The van der Waals surface area contributed by atoms with Gasteiger partial charge in [0.05, 0.1) is 10.8 Å². The number of para-hydroxylation sites is 1. The molecule has 0 spiro atoms. The van der Waals surface area contributed by atoms with Crippen molar-refractivity contribution in [2.24, 2.45) is 0 Å². The van der Waals surface area contributed by atoms with E-state index in [9.17, 15) is 9.59 Å². The fourth-order valence-electron chi connectivity index (χ4n) is 2.97. The molecule has 1 N–H and O–H groups in total. The summed E-state index contributed by atoms with van der Waals surface area (Å²) in [6.07, 6.45) is 0. The molecule has 4 aromatic rings. The zero-order chi connectivity index (χ0) is 19.7. The van der Waals surface area contributed by atoms with Crippen molar-refractivity contribution < 1.29 is 13.9 Å². The van der Waals surface area contributed by atoms with Crippen LogP contribution in [0.4, 0.5) is 5.69 Å². The van der Waals surface area contributed by atoms with Gasteiger partial charge < -0.3 is 14.5 Å². The Morgan fingerprint density at radius 1 is 1.07 bits per heavy atom. The minimum Gasteiger partial charge on any atom is -0.484 e. The molecule has 28 heavy (non-hydrogen) atoms. The van der Waals surface area contributed by atoms with E-state index in [0.717, 1.165) is 5.56 Å². The Bertz CT molecular complexity index is 1250. The van der Waals surface area contributed by atoms with E-state index >= 15 is 0 Å². The summed E-state index contributed by atoms with van der Waals surface area (Å²) in [5.74, 6) is 0.222. The number of carbonyl (C=O) groups is 1. The van der Waals surface area contributed by atoms with Crippen molar-refractivity contribution in [3.8, 4) is 5.75 Å². The molecular formula is C22H16ClNO4. The summed E-state index contributed by atoms with van der Waals surface area (Å²) < 4.78 is 11.4. The SMILES string of the molecule is Cc1cccc2c(=O)c3ccc(NC(=O)COc4ccc(Cl)cc4)cc3oc12. The van der Waals surface area contributed by atoms with Gasteiger partial charge in [0.15, 0.2) is 6.61 Å². The van der Waals surface area contributed by atoms with Gasteiger partial charge in [0, 0.05) is 16.8 Å². The quantitative estimate of drug-likeness (QED) is 0.499. The smallest absolute Gasteiger partial charge is 0.262 e. The molecule has 1 aromatic heterocycles. The fourth-order valence-corrected chi connectivity index (χ4v) is 3.10. The third-order valence-corrected chi connectivity index (χ3v) is 4.61. The van der Waals surface area contributed by atoms with Gasteiger partial charge in [-0.1, -0.05) is 23.7 Å². The first-order chi connectivity index (χ1) is 13.5. The number of anilines is 1. The third kappa shape index (κ3) is 3.57. The fraction of sp³-hybridized carbons (Fsp3) is 0.0909. The van der Waals surface area contributed by atoms with E-state index in [1.54, 1.807) is 48.5 Å². The van der Waals surface area contributed by atoms with Crippen LogP contribution >= 0.6 is 11.6 Å². The summed E-state index contributed by atoms with van der Waals surface area (Å²) in [4.78, 5) is 24.8. The molecule has 0 aliphatic carbocycles. The van der Waals surface area contributed by atoms with E-state index in [1.807, 2.05) is 19.1 Å². The highest BCUT2D eigenvalue weighted by Gasteiger charge is 2.11. The Labute approximate surface area is 165 Å². The van der Waals surface area contributed by atoms with E-state index in [4.69, 9.17) is 20.8 Å². The normalized spacial score (nSPS) is 10.9. The first-order valence-corrected chi connectivity index (χ1v) is 9.03. The maximum Gasteiger partial charge on any atom is 0.262 e. The molecule has 0 saturated carbocycles. The van der Waals surface area contributed by atoms with Gasteiger partial charge in [0.2, 0.25) is 5.43 Å². The van der Waals surface area contributed by atoms with Gasteiger partial charge >= 0.3 is 0 Å². The van der Waals surface area contributed by atoms with Crippen molar-refractivity contribution in [2.45, 2.75) is 6.92 Å². The first-order valence-electron chi connectivity index (χ1n) is 8.66. The maximum atomic E-state index is 12.7. The topological polar surface area (TPSA) is 68.5 Å². The van der Waals surface area contributed by atoms with Crippen molar-refractivity contribution in [3.63, 3.8) is 0 Å². The van der Waals surface area contributed by atoms with Gasteiger partial charge in [-0.15, -0.1) is 0 Å². The van der Waals surface area contributed by atoms with Gasteiger partial charge in [-0.3, -0.25) is 9.59 Å². The number of benzene rings is 3. The lowest BCUT2D eigenvalue weighted by molar-refractivity contribution is -0.118. The number of hydrogen-bond donors (Lipinski definition) is 1. The number of rotatable bonds is 4. The molecule has 0 fully saturated rings. The van der Waals surface area contributed by atoms with Crippen LogP contribution in [0.15, 0.2) is 69.9 Å². The summed E-state index contributed by atoms with van der Waals surface area (Å²) in [6.45, 7) is 1.73. The summed E-state index contributed by atoms with van der Waals surface area (Å²) >= 11 is 5.82. The second-order valence-corrected chi connectivity index (χ2v) is 6.82. The molecule has 0 aliphatic rings. The lowest BCUT2D eigenvalue weighted by Gasteiger charge is -2.09. The molecule has 1 amide bonds.